The van der Waals surface area contributed by atoms with Crippen molar-refractivity contribution in [2.75, 3.05) is 0 Å². The number of amides is 1. The lowest BCUT2D eigenvalue weighted by Gasteiger charge is -2.15. The van der Waals surface area contributed by atoms with Gasteiger partial charge in [0.15, 0.2) is 0 Å². The molecule has 2 aromatic heterocycles. The molecule has 0 radical (unpaired) electrons. The Balaban J connectivity index is 1.50. The predicted octanol–water partition coefficient (Wildman–Crippen LogP) is 3.07. The molecule has 2 heterocycles. The topological polar surface area (TPSA) is 87.1 Å². The van der Waals surface area contributed by atoms with Crippen molar-refractivity contribution in [2.45, 2.75) is 19.0 Å². The highest BCUT2D eigenvalue weighted by atomic mass is 19.1. The number of aromatic amines is 1. The zero-order valence-electron chi connectivity index (χ0n) is 14.9. The van der Waals surface area contributed by atoms with Crippen molar-refractivity contribution in [3.63, 3.8) is 0 Å². The maximum atomic E-state index is 13.5. The molecule has 0 unspecified atom stereocenters. The summed E-state index contributed by atoms with van der Waals surface area (Å²) in [7, 11) is 0. The number of carboxylic acid groups (broad SMARTS) is 1. The molecule has 28 heavy (non-hydrogen) atoms. The maximum Gasteiger partial charge on any atom is 0.326 e. The highest BCUT2D eigenvalue weighted by molar-refractivity contribution is 5.88. The Morgan fingerprint density at radius 1 is 1.18 bits per heavy atom. The molecule has 2 aromatic carbocycles. The molecule has 1 atom stereocenters. The van der Waals surface area contributed by atoms with E-state index in [9.17, 15) is 19.1 Å². The van der Waals surface area contributed by atoms with Crippen molar-refractivity contribution in [2.24, 2.45) is 0 Å². The fraction of sp³-hybridized carbons (Fsp3) is 0.143. The molecule has 0 saturated carbocycles. The van der Waals surface area contributed by atoms with Crippen molar-refractivity contribution in [3.05, 3.63) is 72.3 Å². The summed E-state index contributed by atoms with van der Waals surface area (Å²) in [4.78, 5) is 27.2. The molecule has 3 N–H and O–H groups in total. The Labute approximate surface area is 159 Å². The van der Waals surface area contributed by atoms with Gasteiger partial charge >= 0.3 is 5.97 Å². The fourth-order valence-corrected chi connectivity index (χ4v) is 3.41. The predicted molar refractivity (Wildman–Crippen MR) is 103 cm³/mol. The summed E-state index contributed by atoms with van der Waals surface area (Å²) < 4.78 is 15.1. The quantitative estimate of drug-likeness (QED) is 0.481. The van der Waals surface area contributed by atoms with Crippen LogP contribution in [0.25, 0.3) is 21.8 Å². The number of carbonyl (C=O) groups is 2. The summed E-state index contributed by atoms with van der Waals surface area (Å²) in [6, 6.07) is 12.6. The molecule has 0 aliphatic carbocycles. The van der Waals surface area contributed by atoms with E-state index in [1.165, 1.54) is 12.1 Å². The Morgan fingerprint density at radius 3 is 2.82 bits per heavy atom. The minimum absolute atomic E-state index is 0.0926. The Kier molecular flexibility index (Phi) is 4.57. The maximum absolute atomic E-state index is 13.5. The van der Waals surface area contributed by atoms with E-state index in [4.69, 9.17) is 0 Å². The molecule has 6 nitrogen and oxygen atoms in total. The summed E-state index contributed by atoms with van der Waals surface area (Å²) >= 11 is 0. The van der Waals surface area contributed by atoms with E-state index in [-0.39, 0.29) is 13.0 Å². The van der Waals surface area contributed by atoms with E-state index in [0.29, 0.717) is 5.52 Å². The van der Waals surface area contributed by atoms with Crippen molar-refractivity contribution in [3.8, 4) is 0 Å². The minimum atomic E-state index is -1.11. The molecule has 0 aliphatic heterocycles. The van der Waals surface area contributed by atoms with Crippen LogP contribution in [-0.2, 0) is 22.6 Å². The van der Waals surface area contributed by atoms with Crippen LogP contribution in [0.5, 0.6) is 0 Å². The normalized spacial score (nSPS) is 12.3. The lowest BCUT2D eigenvalue weighted by atomic mass is 10.0. The number of nitrogens with one attached hydrogen (secondary N) is 2. The van der Waals surface area contributed by atoms with Crippen LogP contribution in [0.1, 0.15) is 5.56 Å². The van der Waals surface area contributed by atoms with Crippen LogP contribution in [0.3, 0.4) is 0 Å². The molecule has 4 aromatic rings. The van der Waals surface area contributed by atoms with Gasteiger partial charge in [-0.3, -0.25) is 4.79 Å². The summed E-state index contributed by atoms with van der Waals surface area (Å²) in [5.74, 6) is -1.95. The smallest absolute Gasteiger partial charge is 0.326 e. The van der Waals surface area contributed by atoms with E-state index in [2.05, 4.69) is 10.3 Å². The van der Waals surface area contributed by atoms with Crippen LogP contribution < -0.4 is 5.32 Å². The van der Waals surface area contributed by atoms with Crippen molar-refractivity contribution in [1.29, 1.82) is 0 Å². The third kappa shape index (κ3) is 3.46. The zero-order valence-corrected chi connectivity index (χ0v) is 14.9. The largest absolute Gasteiger partial charge is 0.480 e. The van der Waals surface area contributed by atoms with Crippen LogP contribution in [0.15, 0.2) is 60.9 Å². The number of carboxylic acids is 1. The van der Waals surface area contributed by atoms with Gasteiger partial charge in [0, 0.05) is 29.7 Å². The van der Waals surface area contributed by atoms with E-state index >= 15 is 0 Å². The number of aliphatic carboxylic acids is 1. The molecule has 7 heteroatoms. The van der Waals surface area contributed by atoms with Crippen LogP contribution >= 0.6 is 0 Å². The first-order valence-electron chi connectivity index (χ1n) is 8.83. The molecular weight excluding hydrogens is 361 g/mol. The van der Waals surface area contributed by atoms with E-state index in [1.807, 2.05) is 24.3 Å². The number of halogens is 1. The number of H-pyrrole nitrogens is 1. The number of nitrogens with zero attached hydrogens (tertiary/aromatic N) is 1. The summed E-state index contributed by atoms with van der Waals surface area (Å²) in [6.45, 7) is -0.0926. The highest BCUT2D eigenvalue weighted by Gasteiger charge is 2.22. The van der Waals surface area contributed by atoms with Gasteiger partial charge in [-0.1, -0.05) is 18.2 Å². The monoisotopic (exact) mass is 379 g/mol. The molecule has 0 spiro atoms. The first-order chi connectivity index (χ1) is 13.5. The average Bonchev–Trinajstić information content (AvgIpc) is 3.25. The summed E-state index contributed by atoms with van der Waals surface area (Å²) in [6.07, 6.45) is 3.60. The molecule has 4 rings (SSSR count). The van der Waals surface area contributed by atoms with Crippen LogP contribution in [-0.4, -0.2) is 32.6 Å². The second kappa shape index (κ2) is 7.19. The minimum Gasteiger partial charge on any atom is -0.480 e. The van der Waals surface area contributed by atoms with Gasteiger partial charge in [0.2, 0.25) is 5.91 Å². The molecule has 0 bridgehead atoms. The third-order valence-electron chi connectivity index (χ3n) is 4.78. The average molecular weight is 379 g/mol. The Morgan fingerprint density at radius 2 is 2.00 bits per heavy atom. The van der Waals surface area contributed by atoms with Crippen LogP contribution in [0.4, 0.5) is 4.39 Å². The molecule has 0 saturated heterocycles. The molecule has 0 aliphatic rings. The molecule has 0 fully saturated rings. The zero-order chi connectivity index (χ0) is 19.7. The Hall–Kier alpha value is -3.61. The van der Waals surface area contributed by atoms with E-state index in [1.54, 1.807) is 29.1 Å². The third-order valence-corrected chi connectivity index (χ3v) is 4.78. The Bertz CT molecular complexity index is 1180. The second-order valence-corrected chi connectivity index (χ2v) is 6.67. The molecular formula is C21H18FN3O3. The van der Waals surface area contributed by atoms with Crippen LogP contribution in [0, 0.1) is 5.82 Å². The number of hydrogen-bond donors (Lipinski definition) is 3. The first-order valence-corrected chi connectivity index (χ1v) is 8.83. The second-order valence-electron chi connectivity index (χ2n) is 6.67. The number of benzene rings is 2. The number of para-hydroxylation sites is 1. The van der Waals surface area contributed by atoms with Gasteiger partial charge in [0.25, 0.3) is 0 Å². The van der Waals surface area contributed by atoms with Crippen molar-refractivity contribution < 1.29 is 19.1 Å². The number of aromatic nitrogens is 2. The van der Waals surface area contributed by atoms with Gasteiger partial charge in [-0.05, 0) is 41.3 Å². The van der Waals surface area contributed by atoms with Gasteiger partial charge in [-0.25, -0.2) is 9.18 Å². The van der Waals surface area contributed by atoms with Gasteiger partial charge in [0.1, 0.15) is 18.4 Å². The van der Waals surface area contributed by atoms with Gasteiger partial charge in [-0.15, -0.1) is 0 Å². The van der Waals surface area contributed by atoms with E-state index in [0.717, 1.165) is 21.9 Å². The number of carbonyl (C=O) groups excluding carboxylic acids is 1. The number of fused-ring (bicyclic) bond motifs is 2. The van der Waals surface area contributed by atoms with E-state index < -0.39 is 23.7 Å². The number of rotatable bonds is 6. The number of hydrogen-bond acceptors (Lipinski definition) is 2. The SMILES string of the molecule is O=C(Cn1ccc2ccc(F)cc21)N[C@H](Cc1c[nH]c2ccccc12)C(=O)O. The van der Waals surface area contributed by atoms with Gasteiger partial charge < -0.3 is 20.0 Å². The van der Waals surface area contributed by atoms with Crippen molar-refractivity contribution >= 4 is 33.7 Å². The summed E-state index contributed by atoms with van der Waals surface area (Å²) in [5, 5.41) is 13.8. The van der Waals surface area contributed by atoms with Crippen LogP contribution in [0.2, 0.25) is 0 Å². The lowest BCUT2D eigenvalue weighted by molar-refractivity contribution is -0.141. The molecule has 142 valence electrons. The van der Waals surface area contributed by atoms with Gasteiger partial charge in [0.05, 0.1) is 5.52 Å². The fourth-order valence-electron chi connectivity index (χ4n) is 3.41. The highest BCUT2D eigenvalue weighted by Crippen LogP contribution is 2.20. The van der Waals surface area contributed by atoms with Crippen molar-refractivity contribution in [1.82, 2.24) is 14.9 Å². The molecule has 1 amide bonds. The first kappa shape index (κ1) is 17.8. The lowest BCUT2D eigenvalue weighted by Crippen LogP contribution is -2.43. The summed E-state index contributed by atoms with van der Waals surface area (Å²) in [5.41, 5.74) is 2.31. The standard InChI is InChI=1S/C21H18FN3O3/c22-15-6-5-13-7-8-25(19(13)10-15)12-20(26)24-18(21(27)28)9-14-11-23-17-4-2-1-3-16(14)17/h1-8,10-11,18,23H,9,12H2,(H,24,26)(H,27,28)/t18-/m1/s1. The van der Waals surface area contributed by atoms with Gasteiger partial charge in [-0.2, -0.15) is 0 Å².